The van der Waals surface area contributed by atoms with Crippen molar-refractivity contribution in [3.63, 3.8) is 0 Å². The van der Waals surface area contributed by atoms with Crippen LogP contribution < -0.4 is 4.74 Å². The molecule has 0 radical (unpaired) electrons. The fourth-order valence-corrected chi connectivity index (χ4v) is 4.05. The van der Waals surface area contributed by atoms with Crippen molar-refractivity contribution in [3.8, 4) is 5.75 Å². The number of hydrogen-bond acceptors (Lipinski definition) is 4. The molecule has 4 heteroatoms. The van der Waals surface area contributed by atoms with Gasteiger partial charge in [0, 0.05) is 18.0 Å². The van der Waals surface area contributed by atoms with E-state index in [9.17, 15) is 4.79 Å². The Morgan fingerprint density at radius 1 is 1.08 bits per heavy atom. The van der Waals surface area contributed by atoms with E-state index in [2.05, 4.69) is 63.9 Å². The summed E-state index contributed by atoms with van der Waals surface area (Å²) >= 11 is 1.42. The summed E-state index contributed by atoms with van der Waals surface area (Å²) in [6.07, 6.45) is 6.15. The van der Waals surface area contributed by atoms with Gasteiger partial charge in [-0.05, 0) is 62.6 Å². The third-order valence-corrected chi connectivity index (χ3v) is 4.88. The summed E-state index contributed by atoms with van der Waals surface area (Å²) in [5.41, 5.74) is 1.34. The minimum absolute atomic E-state index is 0.157. The maximum Gasteiger partial charge on any atom is 0.191 e. The molecule has 1 aromatic heterocycles. The van der Waals surface area contributed by atoms with Crippen LogP contribution in [0.25, 0.3) is 0 Å². The number of carbonyl (C=O) groups is 1. The molecule has 0 N–H and O–H groups in total. The average Bonchev–Trinajstić information content (AvgIpc) is 3.04. The fourth-order valence-electron chi connectivity index (χ4n) is 3.44. The summed E-state index contributed by atoms with van der Waals surface area (Å²) in [7, 11) is 0. The first-order chi connectivity index (χ1) is 12.1. The SMILES string of the molecule is CC(C)(C)CC(C)(C)Oc1ccc(CCCCC(=O)c2nccs2)cc1. The lowest BCUT2D eigenvalue weighted by Crippen LogP contribution is -2.33. The van der Waals surface area contributed by atoms with E-state index in [1.54, 1.807) is 6.20 Å². The minimum atomic E-state index is -0.185. The second kappa shape index (κ2) is 8.81. The Kier molecular flexibility index (Phi) is 6.99. The van der Waals surface area contributed by atoms with Crippen LogP contribution in [0.5, 0.6) is 5.75 Å². The van der Waals surface area contributed by atoms with Crippen molar-refractivity contribution in [2.45, 2.75) is 72.3 Å². The zero-order chi connectivity index (χ0) is 19.2. The maximum absolute atomic E-state index is 11.9. The number of unbranched alkanes of at least 4 members (excludes halogenated alkanes) is 1. The molecule has 0 amide bonds. The number of aromatic nitrogens is 1. The van der Waals surface area contributed by atoms with Crippen molar-refractivity contribution >= 4 is 17.1 Å². The molecule has 1 heterocycles. The number of rotatable bonds is 9. The maximum atomic E-state index is 11.9. The molecule has 1 aromatic carbocycles. The molecule has 0 unspecified atom stereocenters. The van der Waals surface area contributed by atoms with Crippen molar-refractivity contribution in [3.05, 3.63) is 46.4 Å². The topological polar surface area (TPSA) is 39.2 Å². The van der Waals surface area contributed by atoms with E-state index in [1.807, 2.05) is 5.38 Å². The van der Waals surface area contributed by atoms with Crippen LogP contribution in [-0.4, -0.2) is 16.4 Å². The Hall–Kier alpha value is -1.68. The van der Waals surface area contributed by atoms with E-state index in [1.165, 1.54) is 16.9 Å². The summed E-state index contributed by atoms with van der Waals surface area (Å²) in [4.78, 5) is 16.0. The Morgan fingerprint density at radius 3 is 2.35 bits per heavy atom. The molecule has 0 saturated carbocycles. The highest BCUT2D eigenvalue weighted by molar-refractivity contribution is 7.11. The summed E-state index contributed by atoms with van der Waals surface area (Å²) in [6.45, 7) is 11.0. The predicted molar refractivity (Wildman–Crippen MR) is 109 cm³/mol. The third kappa shape index (κ3) is 7.28. The molecule has 2 aromatic rings. The number of carbonyl (C=O) groups excluding carboxylic acids is 1. The number of ketones is 1. The molecule has 0 aliphatic carbocycles. The first kappa shape index (κ1) is 20.6. The molecule has 0 fully saturated rings. The van der Waals surface area contributed by atoms with Crippen LogP contribution in [-0.2, 0) is 6.42 Å². The molecule has 0 spiro atoms. The van der Waals surface area contributed by atoms with Gasteiger partial charge in [0.1, 0.15) is 11.4 Å². The van der Waals surface area contributed by atoms with E-state index in [-0.39, 0.29) is 16.8 Å². The van der Waals surface area contributed by atoms with Crippen LogP contribution in [0.3, 0.4) is 0 Å². The minimum Gasteiger partial charge on any atom is -0.488 e. The predicted octanol–water partition coefficient (Wildman–Crippen LogP) is 6.33. The smallest absolute Gasteiger partial charge is 0.191 e. The van der Waals surface area contributed by atoms with Gasteiger partial charge in [0.05, 0.1) is 0 Å². The number of ether oxygens (including phenoxy) is 1. The Balaban J connectivity index is 1.76. The van der Waals surface area contributed by atoms with Crippen LogP contribution in [0.1, 0.15) is 75.7 Å². The van der Waals surface area contributed by atoms with E-state index >= 15 is 0 Å². The molecule has 3 nitrogen and oxygen atoms in total. The Labute approximate surface area is 161 Å². The molecule has 0 bridgehead atoms. The molecule has 0 saturated heterocycles. The van der Waals surface area contributed by atoms with E-state index in [4.69, 9.17) is 4.74 Å². The van der Waals surface area contributed by atoms with Gasteiger partial charge in [-0.1, -0.05) is 32.9 Å². The highest BCUT2D eigenvalue weighted by Gasteiger charge is 2.27. The van der Waals surface area contributed by atoms with Crippen LogP contribution >= 0.6 is 11.3 Å². The highest BCUT2D eigenvalue weighted by Crippen LogP contribution is 2.31. The van der Waals surface area contributed by atoms with Gasteiger partial charge in [-0.2, -0.15) is 0 Å². The molecular weight excluding hydrogens is 342 g/mol. The summed E-state index contributed by atoms with van der Waals surface area (Å²) < 4.78 is 6.18. The quantitative estimate of drug-likeness (QED) is 0.381. The zero-order valence-corrected chi connectivity index (χ0v) is 17.5. The molecule has 142 valence electrons. The van der Waals surface area contributed by atoms with Gasteiger partial charge in [0.2, 0.25) is 0 Å². The number of hydrogen-bond donors (Lipinski definition) is 0. The van der Waals surface area contributed by atoms with Gasteiger partial charge in [-0.25, -0.2) is 4.98 Å². The normalized spacial score (nSPS) is 12.2. The van der Waals surface area contributed by atoms with E-state index in [0.29, 0.717) is 11.4 Å². The van der Waals surface area contributed by atoms with Crippen LogP contribution in [0, 0.1) is 5.41 Å². The van der Waals surface area contributed by atoms with Gasteiger partial charge in [0.15, 0.2) is 10.8 Å². The van der Waals surface area contributed by atoms with E-state index in [0.717, 1.165) is 31.4 Å². The summed E-state index contributed by atoms with van der Waals surface area (Å²) in [5.74, 6) is 1.08. The molecular formula is C22H31NO2S. The van der Waals surface area contributed by atoms with Crippen LogP contribution in [0.4, 0.5) is 0 Å². The number of Topliss-reactive ketones (excluding diaryl/α,β-unsaturated/α-hetero) is 1. The summed E-state index contributed by atoms with van der Waals surface area (Å²) in [5, 5.41) is 2.48. The standard InChI is InChI=1S/C22H31NO2S/c1-21(2,3)16-22(4,5)25-18-12-10-17(11-13-18)8-6-7-9-19(24)20-23-14-15-26-20/h10-15H,6-9,16H2,1-5H3. The monoisotopic (exact) mass is 373 g/mol. The molecule has 26 heavy (non-hydrogen) atoms. The highest BCUT2D eigenvalue weighted by atomic mass is 32.1. The van der Waals surface area contributed by atoms with Gasteiger partial charge < -0.3 is 4.74 Å². The van der Waals surface area contributed by atoms with Crippen molar-refractivity contribution in [2.24, 2.45) is 5.41 Å². The lowest BCUT2D eigenvalue weighted by atomic mass is 9.83. The number of thiazole rings is 1. The lowest BCUT2D eigenvalue weighted by Gasteiger charge is -2.33. The summed E-state index contributed by atoms with van der Waals surface area (Å²) in [6, 6.07) is 8.37. The molecule has 0 aliphatic rings. The van der Waals surface area contributed by atoms with Crippen molar-refractivity contribution in [1.82, 2.24) is 4.98 Å². The van der Waals surface area contributed by atoms with Crippen molar-refractivity contribution in [1.29, 1.82) is 0 Å². The largest absolute Gasteiger partial charge is 0.488 e. The van der Waals surface area contributed by atoms with Gasteiger partial charge >= 0.3 is 0 Å². The second-order valence-electron chi connectivity index (χ2n) is 8.71. The molecule has 0 atom stereocenters. The van der Waals surface area contributed by atoms with Gasteiger partial charge in [-0.3, -0.25) is 4.79 Å². The number of benzene rings is 1. The average molecular weight is 374 g/mol. The van der Waals surface area contributed by atoms with Crippen LogP contribution in [0.2, 0.25) is 0 Å². The number of nitrogens with zero attached hydrogens (tertiary/aromatic N) is 1. The van der Waals surface area contributed by atoms with Crippen LogP contribution in [0.15, 0.2) is 35.8 Å². The van der Waals surface area contributed by atoms with Gasteiger partial charge in [0.25, 0.3) is 0 Å². The zero-order valence-electron chi connectivity index (χ0n) is 16.7. The first-order valence-corrected chi connectivity index (χ1v) is 10.2. The third-order valence-electron chi connectivity index (χ3n) is 4.06. The fraction of sp³-hybridized carbons (Fsp3) is 0.545. The molecule has 2 rings (SSSR count). The second-order valence-corrected chi connectivity index (χ2v) is 9.61. The van der Waals surface area contributed by atoms with Crippen molar-refractivity contribution in [2.75, 3.05) is 0 Å². The first-order valence-electron chi connectivity index (χ1n) is 9.35. The Bertz CT molecular complexity index is 682. The molecule has 0 aliphatic heterocycles. The van der Waals surface area contributed by atoms with E-state index < -0.39 is 0 Å². The van der Waals surface area contributed by atoms with Gasteiger partial charge in [-0.15, -0.1) is 11.3 Å². The van der Waals surface area contributed by atoms with Crippen molar-refractivity contribution < 1.29 is 9.53 Å². The Morgan fingerprint density at radius 2 is 1.77 bits per heavy atom. The number of aryl methyl sites for hydroxylation is 1. The lowest BCUT2D eigenvalue weighted by molar-refractivity contribution is 0.0621.